The Kier molecular flexibility index (Phi) is 1.78. The first-order valence-corrected chi connectivity index (χ1v) is 3.42. The van der Waals surface area contributed by atoms with Crippen molar-refractivity contribution in [3.8, 4) is 0 Å². The van der Waals surface area contributed by atoms with Crippen LogP contribution in [0.25, 0.3) is 0 Å². The van der Waals surface area contributed by atoms with Crippen molar-refractivity contribution in [2.75, 3.05) is 26.8 Å². The first-order chi connectivity index (χ1) is 4.13. The molecule has 9 heavy (non-hydrogen) atoms. The first-order valence-electron chi connectivity index (χ1n) is 3.42. The van der Waals surface area contributed by atoms with Gasteiger partial charge >= 0.3 is 0 Å². The van der Waals surface area contributed by atoms with Crippen LogP contribution in [0.15, 0.2) is 0 Å². The molecule has 0 aromatic heterocycles. The summed E-state index contributed by atoms with van der Waals surface area (Å²) in [5, 5.41) is 0. The maximum Gasteiger partial charge on any atom is 0.0645 e. The van der Waals surface area contributed by atoms with Crippen molar-refractivity contribution in [1.29, 1.82) is 0 Å². The normalized spacial score (nSPS) is 28.3. The molecule has 0 saturated carbocycles. The van der Waals surface area contributed by atoms with Crippen molar-refractivity contribution in [3.63, 3.8) is 0 Å². The SMILES string of the molecule is CN1CCOCC1(C)C. The zero-order valence-corrected chi connectivity index (χ0v) is 6.48. The van der Waals surface area contributed by atoms with Gasteiger partial charge in [-0.15, -0.1) is 0 Å². The molecule has 0 aromatic rings. The Labute approximate surface area is 56.8 Å². The standard InChI is InChI=1S/C7H15NO/c1-7(2)6-9-5-4-8(7)3/h4-6H2,1-3H3. The van der Waals surface area contributed by atoms with Crippen molar-refractivity contribution < 1.29 is 4.74 Å². The molecule has 54 valence electrons. The third kappa shape index (κ3) is 1.43. The van der Waals surface area contributed by atoms with Crippen LogP contribution in [0, 0.1) is 0 Å². The van der Waals surface area contributed by atoms with E-state index in [1.807, 2.05) is 0 Å². The summed E-state index contributed by atoms with van der Waals surface area (Å²) >= 11 is 0. The predicted octanol–water partition coefficient (Wildman–Crippen LogP) is 0.727. The second-order valence-corrected chi connectivity index (χ2v) is 3.29. The predicted molar refractivity (Wildman–Crippen MR) is 37.5 cm³/mol. The number of rotatable bonds is 0. The minimum absolute atomic E-state index is 0.248. The maximum absolute atomic E-state index is 5.31. The summed E-state index contributed by atoms with van der Waals surface area (Å²) in [6.45, 7) is 7.22. The first kappa shape index (κ1) is 7.03. The van der Waals surface area contributed by atoms with Crippen LogP contribution >= 0.6 is 0 Å². The van der Waals surface area contributed by atoms with Crippen LogP contribution in [0.4, 0.5) is 0 Å². The Morgan fingerprint density at radius 3 is 2.44 bits per heavy atom. The summed E-state index contributed by atoms with van der Waals surface area (Å²) in [4.78, 5) is 2.33. The van der Waals surface area contributed by atoms with Gasteiger partial charge in [-0.1, -0.05) is 0 Å². The molecule has 0 aromatic carbocycles. The third-order valence-corrected chi connectivity index (χ3v) is 2.06. The number of nitrogens with zero attached hydrogens (tertiary/aromatic N) is 1. The van der Waals surface area contributed by atoms with Crippen LogP contribution < -0.4 is 0 Å². The fourth-order valence-electron chi connectivity index (χ4n) is 0.936. The zero-order valence-electron chi connectivity index (χ0n) is 6.48. The molecule has 0 amide bonds. The molecule has 0 radical (unpaired) electrons. The molecule has 1 rings (SSSR count). The molecule has 1 fully saturated rings. The topological polar surface area (TPSA) is 12.5 Å². The van der Waals surface area contributed by atoms with Gasteiger partial charge in [0.25, 0.3) is 0 Å². The summed E-state index contributed by atoms with van der Waals surface area (Å²) < 4.78 is 5.31. The number of hydrogen-bond donors (Lipinski definition) is 0. The lowest BCUT2D eigenvalue weighted by Gasteiger charge is -2.39. The minimum Gasteiger partial charge on any atom is -0.378 e. The molecule has 0 atom stereocenters. The van der Waals surface area contributed by atoms with Crippen molar-refractivity contribution in [2.24, 2.45) is 0 Å². The summed E-state index contributed by atoms with van der Waals surface area (Å²) in [7, 11) is 2.14. The van der Waals surface area contributed by atoms with Crippen LogP contribution in [0.5, 0.6) is 0 Å². The molecular weight excluding hydrogens is 114 g/mol. The molecule has 2 nitrogen and oxygen atoms in total. The van der Waals surface area contributed by atoms with Gasteiger partial charge in [-0.05, 0) is 20.9 Å². The average molecular weight is 129 g/mol. The van der Waals surface area contributed by atoms with E-state index >= 15 is 0 Å². The van der Waals surface area contributed by atoms with Gasteiger partial charge in [-0.3, -0.25) is 4.90 Å². The lowest BCUT2D eigenvalue weighted by molar-refractivity contribution is -0.0372. The van der Waals surface area contributed by atoms with Gasteiger partial charge in [0.2, 0.25) is 0 Å². The van der Waals surface area contributed by atoms with Gasteiger partial charge in [0.15, 0.2) is 0 Å². The summed E-state index contributed by atoms with van der Waals surface area (Å²) in [5.74, 6) is 0. The van der Waals surface area contributed by atoms with Crippen LogP contribution in [-0.2, 0) is 4.74 Å². The van der Waals surface area contributed by atoms with Gasteiger partial charge in [-0.25, -0.2) is 0 Å². The van der Waals surface area contributed by atoms with Crippen molar-refractivity contribution in [1.82, 2.24) is 4.90 Å². The molecule has 1 aliphatic heterocycles. The number of hydrogen-bond acceptors (Lipinski definition) is 2. The molecule has 2 heteroatoms. The van der Waals surface area contributed by atoms with Crippen molar-refractivity contribution >= 4 is 0 Å². The highest BCUT2D eigenvalue weighted by Crippen LogP contribution is 2.15. The van der Waals surface area contributed by atoms with Crippen LogP contribution in [0.2, 0.25) is 0 Å². The highest BCUT2D eigenvalue weighted by Gasteiger charge is 2.26. The van der Waals surface area contributed by atoms with E-state index in [1.165, 1.54) is 0 Å². The van der Waals surface area contributed by atoms with E-state index < -0.39 is 0 Å². The van der Waals surface area contributed by atoms with Crippen LogP contribution in [0.1, 0.15) is 13.8 Å². The number of morpholine rings is 1. The van der Waals surface area contributed by atoms with E-state index in [2.05, 4.69) is 25.8 Å². The molecule has 1 aliphatic rings. The highest BCUT2D eigenvalue weighted by atomic mass is 16.5. The molecule has 0 bridgehead atoms. The Morgan fingerprint density at radius 1 is 1.44 bits per heavy atom. The van der Waals surface area contributed by atoms with E-state index in [-0.39, 0.29) is 5.54 Å². The van der Waals surface area contributed by atoms with Crippen LogP contribution in [0.3, 0.4) is 0 Å². The molecular formula is C7H15NO. The largest absolute Gasteiger partial charge is 0.378 e. The molecule has 1 heterocycles. The van der Waals surface area contributed by atoms with E-state index in [9.17, 15) is 0 Å². The van der Waals surface area contributed by atoms with E-state index in [0.717, 1.165) is 19.8 Å². The minimum atomic E-state index is 0.248. The Balaban J connectivity index is 2.49. The number of likely N-dealkylation sites (N-methyl/N-ethyl adjacent to an activating group) is 1. The molecule has 0 N–H and O–H groups in total. The van der Waals surface area contributed by atoms with Crippen LogP contribution in [-0.4, -0.2) is 37.2 Å². The van der Waals surface area contributed by atoms with E-state index in [0.29, 0.717) is 0 Å². The quantitative estimate of drug-likeness (QED) is 0.478. The molecule has 0 unspecified atom stereocenters. The fourth-order valence-corrected chi connectivity index (χ4v) is 0.936. The zero-order chi connectivity index (χ0) is 6.91. The molecule has 0 spiro atoms. The monoisotopic (exact) mass is 129 g/mol. The Morgan fingerprint density at radius 2 is 2.11 bits per heavy atom. The second-order valence-electron chi connectivity index (χ2n) is 3.29. The fraction of sp³-hybridized carbons (Fsp3) is 1.00. The van der Waals surface area contributed by atoms with Crippen molar-refractivity contribution in [3.05, 3.63) is 0 Å². The summed E-state index contributed by atoms with van der Waals surface area (Å²) in [6.07, 6.45) is 0. The van der Waals surface area contributed by atoms with E-state index in [4.69, 9.17) is 4.74 Å². The van der Waals surface area contributed by atoms with Gasteiger partial charge in [0, 0.05) is 12.1 Å². The van der Waals surface area contributed by atoms with Gasteiger partial charge in [0.1, 0.15) is 0 Å². The summed E-state index contributed by atoms with van der Waals surface area (Å²) in [6, 6.07) is 0. The third-order valence-electron chi connectivity index (χ3n) is 2.06. The maximum atomic E-state index is 5.31. The highest BCUT2D eigenvalue weighted by molar-refractivity contribution is 4.81. The van der Waals surface area contributed by atoms with Gasteiger partial charge in [0.05, 0.1) is 13.2 Å². The summed E-state index contributed by atoms with van der Waals surface area (Å²) in [5.41, 5.74) is 0.248. The number of ether oxygens (including phenoxy) is 1. The molecule has 0 aliphatic carbocycles. The smallest absolute Gasteiger partial charge is 0.0645 e. The Hall–Kier alpha value is -0.0800. The molecule has 1 saturated heterocycles. The van der Waals surface area contributed by atoms with Gasteiger partial charge in [-0.2, -0.15) is 0 Å². The lowest BCUT2D eigenvalue weighted by atomic mass is 10.0. The average Bonchev–Trinajstić information content (AvgIpc) is 1.77. The van der Waals surface area contributed by atoms with Crippen molar-refractivity contribution in [2.45, 2.75) is 19.4 Å². The second kappa shape index (κ2) is 2.27. The van der Waals surface area contributed by atoms with E-state index in [1.54, 1.807) is 0 Å². The lowest BCUT2D eigenvalue weighted by Crippen LogP contribution is -2.50. The Bertz CT molecular complexity index is 101. The van der Waals surface area contributed by atoms with Gasteiger partial charge < -0.3 is 4.74 Å².